The first-order valence-electron chi connectivity index (χ1n) is 6.12. The fraction of sp³-hybridized carbons (Fsp3) is 0.417. The van der Waals surface area contributed by atoms with Crippen molar-refractivity contribution in [3.63, 3.8) is 0 Å². The summed E-state index contributed by atoms with van der Waals surface area (Å²) >= 11 is 0. The summed E-state index contributed by atoms with van der Waals surface area (Å²) in [6.07, 6.45) is -5.54. The third-order valence-corrected chi connectivity index (χ3v) is 2.52. The molecule has 1 rings (SSSR count). The molecule has 0 spiro atoms. The fourth-order valence-corrected chi connectivity index (χ4v) is 1.59. The molecular formula is C12H14F3N3O3. The molecule has 0 aliphatic carbocycles. The highest BCUT2D eigenvalue weighted by molar-refractivity contribution is 6.00. The van der Waals surface area contributed by atoms with Crippen molar-refractivity contribution >= 4 is 17.3 Å². The Morgan fingerprint density at radius 1 is 1.38 bits per heavy atom. The summed E-state index contributed by atoms with van der Waals surface area (Å²) in [6.45, 7) is 1.63. The highest BCUT2D eigenvalue weighted by Crippen LogP contribution is 2.22. The number of nitro groups is 1. The number of nitrogens with one attached hydrogen (secondary N) is 2. The molecule has 0 aliphatic heterocycles. The SMILES string of the molecule is CCNc1ccc([N+](=O)[O-])cc1C(=O)NCCC(F)(F)F. The average molecular weight is 305 g/mol. The average Bonchev–Trinajstić information content (AvgIpc) is 2.37. The predicted octanol–water partition coefficient (Wildman–Crippen LogP) is 2.71. The summed E-state index contributed by atoms with van der Waals surface area (Å²) < 4.78 is 36.1. The number of non-ortho nitro benzene ring substituents is 1. The summed E-state index contributed by atoms with van der Waals surface area (Å²) in [4.78, 5) is 21.9. The minimum absolute atomic E-state index is 0.0618. The van der Waals surface area contributed by atoms with E-state index in [0.717, 1.165) is 6.07 Å². The first-order valence-corrected chi connectivity index (χ1v) is 6.12. The van der Waals surface area contributed by atoms with Crippen molar-refractivity contribution in [1.82, 2.24) is 5.32 Å². The topological polar surface area (TPSA) is 84.3 Å². The number of nitrogens with zero attached hydrogens (tertiary/aromatic N) is 1. The van der Waals surface area contributed by atoms with Crippen LogP contribution in [0.25, 0.3) is 0 Å². The second-order valence-electron chi connectivity index (χ2n) is 4.14. The number of benzene rings is 1. The summed E-state index contributed by atoms with van der Waals surface area (Å²) in [7, 11) is 0. The molecule has 21 heavy (non-hydrogen) atoms. The molecule has 6 nitrogen and oxygen atoms in total. The van der Waals surface area contributed by atoms with Crippen LogP contribution >= 0.6 is 0 Å². The van der Waals surface area contributed by atoms with Crippen LogP contribution in [-0.2, 0) is 0 Å². The molecule has 0 radical (unpaired) electrons. The van der Waals surface area contributed by atoms with Crippen molar-refractivity contribution in [2.45, 2.75) is 19.5 Å². The lowest BCUT2D eigenvalue weighted by atomic mass is 10.1. The number of carbonyl (C=O) groups is 1. The maximum atomic E-state index is 12.0. The highest BCUT2D eigenvalue weighted by atomic mass is 19.4. The van der Waals surface area contributed by atoms with Gasteiger partial charge in [0.2, 0.25) is 0 Å². The van der Waals surface area contributed by atoms with Gasteiger partial charge in [0.05, 0.1) is 16.9 Å². The van der Waals surface area contributed by atoms with Crippen LogP contribution in [0.15, 0.2) is 18.2 Å². The Morgan fingerprint density at radius 2 is 2.05 bits per heavy atom. The lowest BCUT2D eigenvalue weighted by molar-refractivity contribution is -0.384. The van der Waals surface area contributed by atoms with Gasteiger partial charge in [-0.25, -0.2) is 0 Å². The Morgan fingerprint density at radius 3 is 2.57 bits per heavy atom. The Labute approximate surface area is 118 Å². The monoisotopic (exact) mass is 305 g/mol. The van der Waals surface area contributed by atoms with Crippen LogP contribution in [0.1, 0.15) is 23.7 Å². The van der Waals surface area contributed by atoms with Crippen molar-refractivity contribution in [2.24, 2.45) is 0 Å². The first-order chi connectivity index (χ1) is 9.74. The molecule has 1 amide bonds. The number of halogens is 3. The Balaban J connectivity index is 2.89. The molecule has 116 valence electrons. The zero-order valence-corrected chi connectivity index (χ0v) is 11.2. The van der Waals surface area contributed by atoms with Gasteiger partial charge in [-0.15, -0.1) is 0 Å². The van der Waals surface area contributed by atoms with E-state index in [-0.39, 0.29) is 11.3 Å². The molecule has 0 atom stereocenters. The number of rotatable bonds is 6. The molecule has 0 saturated heterocycles. The van der Waals surface area contributed by atoms with E-state index in [4.69, 9.17) is 0 Å². The number of carbonyl (C=O) groups excluding carboxylic acids is 1. The molecule has 0 fully saturated rings. The van der Waals surface area contributed by atoms with Crippen LogP contribution < -0.4 is 10.6 Å². The van der Waals surface area contributed by atoms with E-state index in [9.17, 15) is 28.1 Å². The van der Waals surface area contributed by atoms with Crippen LogP contribution in [-0.4, -0.2) is 30.1 Å². The van der Waals surface area contributed by atoms with Gasteiger partial charge in [0.15, 0.2) is 0 Å². The van der Waals surface area contributed by atoms with E-state index in [0.29, 0.717) is 12.2 Å². The molecule has 0 unspecified atom stereocenters. The molecule has 0 bridgehead atoms. The normalized spacial score (nSPS) is 11.0. The number of hydrogen-bond acceptors (Lipinski definition) is 4. The smallest absolute Gasteiger partial charge is 0.385 e. The van der Waals surface area contributed by atoms with Crippen molar-refractivity contribution in [2.75, 3.05) is 18.4 Å². The van der Waals surface area contributed by atoms with E-state index >= 15 is 0 Å². The molecule has 0 aromatic heterocycles. The number of alkyl halides is 3. The maximum Gasteiger partial charge on any atom is 0.390 e. The molecule has 0 heterocycles. The van der Waals surface area contributed by atoms with Crippen LogP contribution in [0.5, 0.6) is 0 Å². The van der Waals surface area contributed by atoms with Crippen LogP contribution in [0.4, 0.5) is 24.5 Å². The summed E-state index contributed by atoms with van der Waals surface area (Å²) in [5.74, 6) is -0.793. The quantitative estimate of drug-likeness (QED) is 0.625. The third-order valence-electron chi connectivity index (χ3n) is 2.52. The molecule has 0 aliphatic rings. The molecule has 1 aromatic carbocycles. The number of nitro benzene ring substituents is 1. The minimum atomic E-state index is -4.37. The molecule has 0 saturated carbocycles. The molecular weight excluding hydrogens is 291 g/mol. The van der Waals surface area contributed by atoms with Gasteiger partial charge >= 0.3 is 6.18 Å². The van der Waals surface area contributed by atoms with Crippen molar-refractivity contribution in [3.05, 3.63) is 33.9 Å². The highest BCUT2D eigenvalue weighted by Gasteiger charge is 2.27. The lowest BCUT2D eigenvalue weighted by Crippen LogP contribution is -2.28. The van der Waals surface area contributed by atoms with Crippen LogP contribution in [0.2, 0.25) is 0 Å². The standard InChI is InChI=1S/C12H14F3N3O3/c1-2-16-10-4-3-8(18(20)21)7-9(10)11(19)17-6-5-12(13,14)15/h3-4,7,16H,2,5-6H2,1H3,(H,17,19). The van der Waals surface area contributed by atoms with Gasteiger partial charge in [0, 0.05) is 30.9 Å². The zero-order chi connectivity index (χ0) is 16.0. The molecule has 1 aromatic rings. The van der Waals surface area contributed by atoms with Gasteiger partial charge in [-0.2, -0.15) is 13.2 Å². The van der Waals surface area contributed by atoms with Gasteiger partial charge in [0.25, 0.3) is 11.6 Å². The number of anilines is 1. The first kappa shape index (κ1) is 16.7. The fourth-order valence-electron chi connectivity index (χ4n) is 1.59. The summed E-state index contributed by atoms with van der Waals surface area (Å²) in [5, 5.41) is 15.6. The minimum Gasteiger partial charge on any atom is -0.385 e. The number of hydrogen-bond donors (Lipinski definition) is 2. The Hall–Kier alpha value is -2.32. The van der Waals surface area contributed by atoms with Crippen LogP contribution in [0.3, 0.4) is 0 Å². The second kappa shape index (κ2) is 6.91. The zero-order valence-electron chi connectivity index (χ0n) is 11.2. The van der Waals surface area contributed by atoms with E-state index in [1.54, 1.807) is 6.92 Å². The summed E-state index contributed by atoms with van der Waals surface area (Å²) in [5.41, 5.74) is -0.0431. The van der Waals surface area contributed by atoms with Crippen LogP contribution in [0, 0.1) is 10.1 Å². The third kappa shape index (κ3) is 5.28. The predicted molar refractivity (Wildman–Crippen MR) is 70.3 cm³/mol. The molecule has 9 heteroatoms. The van der Waals surface area contributed by atoms with Crippen molar-refractivity contribution in [3.8, 4) is 0 Å². The number of amides is 1. The van der Waals surface area contributed by atoms with Gasteiger partial charge in [-0.05, 0) is 13.0 Å². The van der Waals surface area contributed by atoms with E-state index in [1.165, 1.54) is 12.1 Å². The lowest BCUT2D eigenvalue weighted by Gasteiger charge is -2.12. The Bertz CT molecular complexity index is 532. The summed E-state index contributed by atoms with van der Waals surface area (Å²) in [6, 6.07) is 3.59. The molecule has 2 N–H and O–H groups in total. The second-order valence-corrected chi connectivity index (χ2v) is 4.14. The van der Waals surface area contributed by atoms with E-state index in [1.807, 2.05) is 0 Å². The maximum absolute atomic E-state index is 12.0. The Kier molecular flexibility index (Phi) is 5.51. The largest absolute Gasteiger partial charge is 0.390 e. The van der Waals surface area contributed by atoms with E-state index < -0.39 is 30.0 Å². The van der Waals surface area contributed by atoms with Gasteiger partial charge in [-0.3, -0.25) is 14.9 Å². The van der Waals surface area contributed by atoms with Gasteiger partial charge in [-0.1, -0.05) is 0 Å². The van der Waals surface area contributed by atoms with Gasteiger partial charge in [0.1, 0.15) is 0 Å². The van der Waals surface area contributed by atoms with Crippen molar-refractivity contribution in [1.29, 1.82) is 0 Å². The van der Waals surface area contributed by atoms with Gasteiger partial charge < -0.3 is 10.6 Å². The van der Waals surface area contributed by atoms with Crippen molar-refractivity contribution < 1.29 is 22.9 Å². The van der Waals surface area contributed by atoms with E-state index in [2.05, 4.69) is 10.6 Å².